The molecule has 4 aliphatic rings. The van der Waals surface area contributed by atoms with Gasteiger partial charge in [0.2, 0.25) is 11.8 Å². The van der Waals surface area contributed by atoms with Crippen LogP contribution in [0, 0.1) is 17.8 Å². The maximum atomic E-state index is 13.1. The number of fused-ring (bicyclic) bond motifs is 8. The predicted octanol–water partition coefficient (Wildman–Crippen LogP) is 2.10. The summed E-state index contributed by atoms with van der Waals surface area (Å²) in [6.45, 7) is 0. The van der Waals surface area contributed by atoms with Crippen molar-refractivity contribution in [2.75, 3.05) is 4.90 Å². The summed E-state index contributed by atoms with van der Waals surface area (Å²) >= 11 is 7.25. The van der Waals surface area contributed by atoms with E-state index in [1.807, 2.05) is 12.1 Å². The van der Waals surface area contributed by atoms with Gasteiger partial charge in [-0.25, -0.2) is 9.88 Å². The molecule has 1 aromatic carbocycles. The first kappa shape index (κ1) is 15.7. The Labute approximate surface area is 162 Å². The van der Waals surface area contributed by atoms with Crippen molar-refractivity contribution in [1.29, 1.82) is 0 Å². The molecule has 4 aliphatic heterocycles. The highest BCUT2D eigenvalue weighted by Crippen LogP contribution is 2.55. The molecule has 1 aromatic heterocycles. The van der Waals surface area contributed by atoms with Gasteiger partial charge >= 0.3 is 0 Å². The molecule has 0 N–H and O–H groups in total. The highest BCUT2D eigenvalue weighted by molar-refractivity contribution is 7.14. The molecule has 2 amide bonds. The third kappa shape index (κ3) is 1.95. The quantitative estimate of drug-likeness (QED) is 0.720. The van der Waals surface area contributed by atoms with Crippen LogP contribution < -0.4 is 4.90 Å². The van der Waals surface area contributed by atoms with E-state index >= 15 is 0 Å². The molecule has 0 aliphatic carbocycles. The number of rotatable bonds is 2. The minimum absolute atomic E-state index is 0.176. The second-order valence-electron chi connectivity index (χ2n) is 7.02. The molecule has 7 nitrogen and oxygen atoms in total. The average Bonchev–Trinajstić information content (AvgIpc) is 3.43. The Kier molecular flexibility index (Phi) is 3.13. The van der Waals surface area contributed by atoms with E-state index in [0.29, 0.717) is 10.2 Å². The molecule has 6 atom stereocenters. The van der Waals surface area contributed by atoms with Crippen LogP contribution in [0.4, 0.5) is 5.13 Å². The summed E-state index contributed by atoms with van der Waals surface area (Å²) in [6.07, 6.45) is 0.335. The van der Waals surface area contributed by atoms with E-state index < -0.39 is 24.0 Å². The van der Waals surface area contributed by atoms with Gasteiger partial charge in [0, 0.05) is 16.6 Å². The van der Waals surface area contributed by atoms with E-state index in [2.05, 4.69) is 10.1 Å². The zero-order valence-electron chi connectivity index (χ0n) is 13.7. The molecule has 3 saturated heterocycles. The maximum Gasteiger partial charge on any atom is 0.242 e. The van der Waals surface area contributed by atoms with Crippen molar-refractivity contribution in [3.63, 3.8) is 0 Å². The maximum absolute atomic E-state index is 13.1. The van der Waals surface area contributed by atoms with Gasteiger partial charge in [0.25, 0.3) is 0 Å². The normalized spacial score (nSPS) is 36.0. The van der Waals surface area contributed by atoms with Crippen LogP contribution in [0.25, 0.3) is 0 Å². The number of amides is 2. The monoisotopic (exact) mass is 401 g/mol. The third-order valence-electron chi connectivity index (χ3n) is 5.79. The number of aromatic nitrogens is 1. The van der Waals surface area contributed by atoms with Gasteiger partial charge in [-0.3, -0.25) is 9.59 Å². The Balaban J connectivity index is 1.37. The van der Waals surface area contributed by atoms with Gasteiger partial charge in [0.15, 0.2) is 11.2 Å². The van der Waals surface area contributed by atoms with Crippen LogP contribution in [-0.2, 0) is 19.2 Å². The fourth-order valence-electron chi connectivity index (χ4n) is 4.73. The van der Waals surface area contributed by atoms with Crippen LogP contribution in [-0.4, -0.2) is 40.8 Å². The number of ether oxygens (including phenoxy) is 1. The van der Waals surface area contributed by atoms with E-state index in [-0.39, 0.29) is 23.8 Å². The Morgan fingerprint density at radius 1 is 1.00 bits per heavy atom. The Hall–Kier alpha value is -2.29. The highest BCUT2D eigenvalue weighted by atomic mass is 35.5. The van der Waals surface area contributed by atoms with Crippen LogP contribution in [0.15, 0.2) is 41.0 Å². The lowest BCUT2D eigenvalue weighted by atomic mass is 9.71. The van der Waals surface area contributed by atoms with Crippen molar-refractivity contribution in [2.45, 2.75) is 18.3 Å². The molecule has 0 radical (unpaired) electrons. The number of benzene rings is 1. The standard InChI is InChI=1S/C18H12ClN3O4S/c19-8-3-1-7(2-4-8)12-11-13-9-10(14(25-13)15(11)26-21-12)17(24)22(16(9)23)18-20-5-6-27-18/h1-6,9-11,13-15H. The summed E-state index contributed by atoms with van der Waals surface area (Å²) < 4.78 is 6.07. The minimum atomic E-state index is -0.535. The lowest BCUT2D eigenvalue weighted by Crippen LogP contribution is -2.45. The summed E-state index contributed by atoms with van der Waals surface area (Å²) in [5.74, 6) is -1.73. The van der Waals surface area contributed by atoms with Gasteiger partial charge in [-0.1, -0.05) is 28.9 Å². The number of halogens is 1. The van der Waals surface area contributed by atoms with Crippen LogP contribution >= 0.6 is 22.9 Å². The van der Waals surface area contributed by atoms with Gasteiger partial charge in [-0.05, 0) is 17.7 Å². The van der Waals surface area contributed by atoms with E-state index in [0.717, 1.165) is 11.3 Å². The average molecular weight is 402 g/mol. The van der Waals surface area contributed by atoms with Gasteiger partial charge < -0.3 is 9.57 Å². The molecule has 27 heavy (non-hydrogen) atoms. The second-order valence-corrected chi connectivity index (χ2v) is 8.33. The van der Waals surface area contributed by atoms with Gasteiger partial charge in [0.05, 0.1) is 29.6 Å². The Morgan fingerprint density at radius 3 is 2.44 bits per heavy atom. The molecule has 6 unspecified atom stereocenters. The van der Waals surface area contributed by atoms with Crippen molar-refractivity contribution in [3.8, 4) is 0 Å². The lowest BCUT2D eigenvalue weighted by Gasteiger charge is -2.26. The number of carbonyl (C=O) groups is 2. The molecule has 5 heterocycles. The minimum Gasteiger partial charge on any atom is -0.389 e. The summed E-state index contributed by atoms with van der Waals surface area (Å²) in [5.41, 5.74) is 1.63. The molecular weight excluding hydrogens is 390 g/mol. The molecular formula is C18H12ClN3O4S. The lowest BCUT2D eigenvalue weighted by molar-refractivity contribution is -0.125. The van der Waals surface area contributed by atoms with Crippen molar-refractivity contribution in [2.24, 2.45) is 22.9 Å². The Morgan fingerprint density at radius 2 is 1.74 bits per heavy atom. The van der Waals surface area contributed by atoms with Gasteiger partial charge in [0.1, 0.15) is 6.10 Å². The fraction of sp³-hybridized carbons (Fsp3) is 0.333. The number of hydrogen-bond acceptors (Lipinski definition) is 7. The van der Waals surface area contributed by atoms with E-state index in [9.17, 15) is 9.59 Å². The number of hydrogen-bond donors (Lipinski definition) is 0. The molecule has 0 saturated carbocycles. The number of oxime groups is 1. The number of thiazole rings is 1. The van der Waals surface area contributed by atoms with Gasteiger partial charge in [-0.15, -0.1) is 11.3 Å². The molecule has 0 spiro atoms. The zero-order valence-corrected chi connectivity index (χ0v) is 15.3. The molecule has 3 fully saturated rings. The SMILES string of the molecule is O=C1C2C3OC(C4C(c5ccc(Cl)cc5)=NOC34)C2C(=O)N1c1nccs1. The van der Waals surface area contributed by atoms with Crippen LogP contribution in [0.1, 0.15) is 5.56 Å². The second kappa shape index (κ2) is 5.37. The van der Waals surface area contributed by atoms with Crippen LogP contribution in [0.2, 0.25) is 5.02 Å². The van der Waals surface area contributed by atoms with Crippen molar-refractivity contribution < 1.29 is 19.2 Å². The summed E-state index contributed by atoms with van der Waals surface area (Å²) in [7, 11) is 0. The highest BCUT2D eigenvalue weighted by Gasteiger charge is 2.72. The smallest absolute Gasteiger partial charge is 0.242 e. The zero-order chi connectivity index (χ0) is 18.3. The summed E-state index contributed by atoms with van der Waals surface area (Å²) in [5, 5.41) is 7.05. The Bertz CT molecular complexity index is 993. The van der Waals surface area contributed by atoms with E-state index in [1.165, 1.54) is 16.2 Å². The topological polar surface area (TPSA) is 81.1 Å². The molecule has 2 bridgehead atoms. The number of carbonyl (C=O) groups excluding carboxylic acids is 2. The first-order valence-corrected chi connectivity index (χ1v) is 9.83. The van der Waals surface area contributed by atoms with E-state index in [1.54, 1.807) is 23.7 Å². The summed E-state index contributed by atoms with van der Waals surface area (Å²) in [4.78, 5) is 37.0. The predicted molar refractivity (Wildman–Crippen MR) is 96.6 cm³/mol. The van der Waals surface area contributed by atoms with Crippen molar-refractivity contribution in [1.82, 2.24) is 4.98 Å². The van der Waals surface area contributed by atoms with Gasteiger partial charge in [-0.2, -0.15) is 0 Å². The van der Waals surface area contributed by atoms with Crippen molar-refractivity contribution >= 4 is 45.6 Å². The number of imide groups is 1. The van der Waals surface area contributed by atoms with E-state index in [4.69, 9.17) is 21.2 Å². The van der Waals surface area contributed by atoms with Crippen LogP contribution in [0.5, 0.6) is 0 Å². The summed E-state index contributed by atoms with van der Waals surface area (Å²) in [6, 6.07) is 7.33. The first-order chi connectivity index (χ1) is 13.1. The van der Waals surface area contributed by atoms with Crippen molar-refractivity contribution in [3.05, 3.63) is 46.4 Å². The molecule has 9 heteroatoms. The molecule has 2 aromatic rings. The molecule has 6 rings (SSSR count). The fourth-order valence-corrected chi connectivity index (χ4v) is 5.51. The number of anilines is 1. The number of nitrogens with zero attached hydrogens (tertiary/aromatic N) is 3. The van der Waals surface area contributed by atoms with Crippen LogP contribution in [0.3, 0.4) is 0 Å². The molecule has 136 valence electrons. The first-order valence-electron chi connectivity index (χ1n) is 8.57. The third-order valence-corrected chi connectivity index (χ3v) is 6.80. The largest absolute Gasteiger partial charge is 0.389 e.